The van der Waals surface area contributed by atoms with Crippen LogP contribution in [0.1, 0.15) is 61.7 Å². The third kappa shape index (κ3) is 5.26. The number of aromatic nitrogens is 3. The molecular weight excluding hydrogens is 549 g/mol. The lowest BCUT2D eigenvalue weighted by Crippen LogP contribution is -2.38. The predicted molar refractivity (Wildman–Crippen MR) is 145 cm³/mol. The molecule has 0 radical (unpaired) electrons. The van der Waals surface area contributed by atoms with Gasteiger partial charge in [-0.15, -0.1) is 0 Å². The number of halogens is 3. The van der Waals surface area contributed by atoms with Crippen LogP contribution >= 0.6 is 0 Å². The Morgan fingerprint density at radius 3 is 2.55 bits per heavy atom. The molecular formula is C30H27F3N6O3. The average molecular weight is 577 g/mol. The number of aliphatic hydroxyl groups is 1. The molecule has 4 aromatic rings. The van der Waals surface area contributed by atoms with Gasteiger partial charge in [0.25, 0.3) is 11.8 Å². The molecule has 2 aliphatic rings. The zero-order valence-electron chi connectivity index (χ0n) is 22.2. The number of rotatable bonds is 10. The minimum Gasteiger partial charge on any atom is -0.377 e. The molecule has 0 saturated heterocycles. The summed E-state index contributed by atoms with van der Waals surface area (Å²) in [6, 6.07) is 9.53. The van der Waals surface area contributed by atoms with Gasteiger partial charge in [-0.2, -0.15) is 5.10 Å². The molecule has 2 aromatic heterocycles. The van der Waals surface area contributed by atoms with E-state index in [4.69, 9.17) is 11.5 Å². The Morgan fingerprint density at radius 2 is 1.83 bits per heavy atom. The first-order chi connectivity index (χ1) is 20.1. The minimum absolute atomic E-state index is 0.00746. The van der Waals surface area contributed by atoms with E-state index in [1.807, 2.05) is 0 Å². The van der Waals surface area contributed by atoms with Crippen LogP contribution in [-0.4, -0.2) is 37.9 Å². The third-order valence-corrected chi connectivity index (χ3v) is 7.89. The van der Waals surface area contributed by atoms with Gasteiger partial charge in [0, 0.05) is 29.1 Å². The van der Waals surface area contributed by atoms with Gasteiger partial charge < -0.3 is 16.6 Å². The second kappa shape index (κ2) is 10.7. The van der Waals surface area contributed by atoms with Crippen molar-refractivity contribution in [2.24, 2.45) is 17.4 Å². The quantitative estimate of drug-likeness (QED) is 0.213. The summed E-state index contributed by atoms with van der Waals surface area (Å²) >= 11 is 0. The standard InChI is InChI=1S/C30H27F3N6O3/c31-17-6-14(7-18(32)12-17)8-23(27-19(2-1-5-36-27)15-3-4-22(33)21(9-15)29(34)41)37-25(40)13-39-24-11-16-10-20(16)26(24)28(38-39)30(35)42/h1-7,9,12,16,20,23,25,37,40H,8,10-11,13H2,(H2,34,41)(H2,35,42)/t16?,20?,23-,25?/m0/s1. The van der Waals surface area contributed by atoms with E-state index in [1.165, 1.54) is 30.5 Å². The van der Waals surface area contributed by atoms with Crippen molar-refractivity contribution < 1.29 is 27.9 Å². The summed E-state index contributed by atoms with van der Waals surface area (Å²) in [5.74, 6) is -3.18. The topological polar surface area (TPSA) is 149 Å². The van der Waals surface area contributed by atoms with Crippen LogP contribution in [0.2, 0.25) is 0 Å². The molecule has 1 saturated carbocycles. The fraction of sp³-hybridized carbons (Fsp3) is 0.267. The Morgan fingerprint density at radius 1 is 1.07 bits per heavy atom. The summed E-state index contributed by atoms with van der Waals surface area (Å²) in [7, 11) is 0. The number of hydrogen-bond donors (Lipinski definition) is 4. The van der Waals surface area contributed by atoms with Crippen molar-refractivity contribution in [3.05, 3.63) is 106 Å². The maximum atomic E-state index is 14.2. The number of carbonyl (C=O) groups is 2. The molecule has 2 aromatic carbocycles. The number of benzene rings is 2. The number of nitrogens with two attached hydrogens (primary N) is 2. The van der Waals surface area contributed by atoms with E-state index in [2.05, 4.69) is 15.4 Å². The number of carbonyl (C=O) groups excluding carboxylic acids is 2. The van der Waals surface area contributed by atoms with Crippen molar-refractivity contribution in [1.29, 1.82) is 0 Å². The number of pyridine rings is 1. The van der Waals surface area contributed by atoms with Crippen molar-refractivity contribution in [3.63, 3.8) is 0 Å². The van der Waals surface area contributed by atoms with Crippen molar-refractivity contribution in [3.8, 4) is 11.1 Å². The highest BCUT2D eigenvalue weighted by atomic mass is 19.1. The van der Waals surface area contributed by atoms with Crippen molar-refractivity contribution >= 4 is 11.8 Å². The molecule has 9 nitrogen and oxygen atoms in total. The zero-order valence-corrected chi connectivity index (χ0v) is 22.2. The molecule has 0 aliphatic heterocycles. The summed E-state index contributed by atoms with van der Waals surface area (Å²) in [6.07, 6.45) is 1.99. The number of aliphatic hydroxyl groups excluding tert-OH is 1. The Hall–Kier alpha value is -4.55. The smallest absolute Gasteiger partial charge is 0.269 e. The number of nitrogens with one attached hydrogen (secondary N) is 1. The molecule has 6 rings (SSSR count). The molecule has 216 valence electrons. The van der Waals surface area contributed by atoms with Crippen molar-refractivity contribution in [1.82, 2.24) is 20.1 Å². The molecule has 2 heterocycles. The van der Waals surface area contributed by atoms with E-state index < -0.39 is 41.5 Å². The molecule has 2 aliphatic carbocycles. The second-order valence-corrected chi connectivity index (χ2v) is 10.8. The molecule has 3 unspecified atom stereocenters. The number of hydrogen-bond acceptors (Lipinski definition) is 6. The minimum atomic E-state index is -1.24. The van der Waals surface area contributed by atoms with Gasteiger partial charge in [-0.25, -0.2) is 13.2 Å². The number of primary amides is 2. The summed E-state index contributed by atoms with van der Waals surface area (Å²) in [4.78, 5) is 28.4. The van der Waals surface area contributed by atoms with Crippen molar-refractivity contribution in [2.45, 2.75) is 44.0 Å². The molecule has 1 fully saturated rings. The van der Waals surface area contributed by atoms with Crippen LogP contribution in [0.25, 0.3) is 11.1 Å². The van der Waals surface area contributed by atoms with E-state index in [0.29, 0.717) is 28.3 Å². The van der Waals surface area contributed by atoms with Crippen LogP contribution in [0, 0.1) is 23.4 Å². The number of fused-ring (bicyclic) bond motifs is 3. The fourth-order valence-electron chi connectivity index (χ4n) is 5.99. The van der Waals surface area contributed by atoms with Gasteiger partial charge >= 0.3 is 0 Å². The molecule has 6 N–H and O–H groups in total. The van der Waals surface area contributed by atoms with Gasteiger partial charge in [-0.1, -0.05) is 12.1 Å². The average Bonchev–Trinajstić information content (AvgIpc) is 3.45. The van der Waals surface area contributed by atoms with Crippen LogP contribution in [-0.2, 0) is 19.4 Å². The lowest BCUT2D eigenvalue weighted by atomic mass is 9.94. The summed E-state index contributed by atoms with van der Waals surface area (Å²) in [5, 5.41) is 18.7. The Kier molecular flexibility index (Phi) is 7.03. The van der Waals surface area contributed by atoms with Crippen LogP contribution in [0.5, 0.6) is 0 Å². The molecule has 42 heavy (non-hydrogen) atoms. The first-order valence-corrected chi connectivity index (χ1v) is 13.4. The molecule has 0 spiro atoms. The maximum absolute atomic E-state index is 14.2. The summed E-state index contributed by atoms with van der Waals surface area (Å²) < 4.78 is 44.0. The van der Waals surface area contributed by atoms with E-state index in [-0.39, 0.29) is 30.1 Å². The third-order valence-electron chi connectivity index (χ3n) is 7.89. The lowest BCUT2D eigenvalue weighted by Gasteiger charge is -2.25. The van der Waals surface area contributed by atoms with E-state index in [1.54, 1.807) is 16.8 Å². The number of nitrogens with zero attached hydrogens (tertiary/aromatic N) is 3. The highest BCUT2D eigenvalue weighted by Gasteiger charge is 2.50. The first-order valence-electron chi connectivity index (χ1n) is 13.4. The first kappa shape index (κ1) is 27.6. The Labute approximate surface area is 238 Å². The van der Waals surface area contributed by atoms with Crippen molar-refractivity contribution in [2.75, 3.05) is 0 Å². The Balaban J connectivity index is 1.35. The SMILES string of the molecule is NC(=O)c1cc(-c2cccnc2[C@H](Cc2cc(F)cc(F)c2)NC(O)Cn2nc(C(N)=O)c3c2CC2CC32)ccc1F. The predicted octanol–water partition coefficient (Wildman–Crippen LogP) is 3.11. The van der Waals surface area contributed by atoms with E-state index in [0.717, 1.165) is 36.2 Å². The fourth-order valence-corrected chi connectivity index (χ4v) is 5.99. The summed E-state index contributed by atoms with van der Waals surface area (Å²) in [6.45, 7) is -0.0341. The monoisotopic (exact) mass is 576 g/mol. The highest BCUT2D eigenvalue weighted by molar-refractivity contribution is 5.94. The van der Waals surface area contributed by atoms with E-state index >= 15 is 0 Å². The molecule has 2 amide bonds. The van der Waals surface area contributed by atoms with Crippen LogP contribution in [0.3, 0.4) is 0 Å². The second-order valence-electron chi connectivity index (χ2n) is 10.8. The van der Waals surface area contributed by atoms with Gasteiger partial charge in [-0.05, 0) is 72.6 Å². The van der Waals surface area contributed by atoms with E-state index in [9.17, 15) is 27.9 Å². The van der Waals surface area contributed by atoms with Gasteiger partial charge in [0.15, 0.2) is 5.69 Å². The lowest BCUT2D eigenvalue weighted by molar-refractivity contribution is 0.0952. The zero-order chi connectivity index (χ0) is 29.7. The molecule has 4 atom stereocenters. The maximum Gasteiger partial charge on any atom is 0.269 e. The normalized spacial score (nSPS) is 18.3. The molecule has 0 bridgehead atoms. The Bertz CT molecular complexity index is 1700. The van der Waals surface area contributed by atoms with Gasteiger partial charge in [-0.3, -0.25) is 24.6 Å². The highest BCUT2D eigenvalue weighted by Crippen LogP contribution is 2.57. The van der Waals surface area contributed by atoms with Gasteiger partial charge in [0.05, 0.1) is 23.8 Å². The van der Waals surface area contributed by atoms with Gasteiger partial charge in [0.2, 0.25) is 0 Å². The molecule has 12 heteroatoms. The largest absolute Gasteiger partial charge is 0.377 e. The summed E-state index contributed by atoms with van der Waals surface area (Å²) in [5.41, 5.74) is 14.1. The number of amides is 2. The van der Waals surface area contributed by atoms with Crippen LogP contribution in [0.15, 0.2) is 54.7 Å². The van der Waals surface area contributed by atoms with Crippen LogP contribution in [0.4, 0.5) is 13.2 Å². The van der Waals surface area contributed by atoms with Crippen LogP contribution < -0.4 is 16.8 Å². The van der Waals surface area contributed by atoms with Gasteiger partial charge in [0.1, 0.15) is 23.7 Å².